The lowest BCUT2D eigenvalue weighted by Crippen LogP contribution is -2.08. The number of hydrogen-bond acceptors (Lipinski definition) is 4. The molecule has 0 aromatic rings. The van der Waals surface area contributed by atoms with E-state index in [1.54, 1.807) is 0 Å². The molecule has 0 spiro atoms. The molecule has 1 atom stereocenters. The average Bonchev–Trinajstić information content (AvgIpc) is 2.26. The molecule has 58 valence electrons. The normalized spacial score (nSPS) is 23.5. The molecular weight excluding hydrogens is 148 g/mol. The minimum absolute atomic E-state index is 0.294. The van der Waals surface area contributed by atoms with Gasteiger partial charge in [0.25, 0.3) is 0 Å². The highest BCUT2D eigenvalue weighted by Gasteiger charge is 2.20. The van der Waals surface area contributed by atoms with Crippen LogP contribution in [0.15, 0.2) is 23.8 Å². The molecule has 1 aliphatic heterocycles. The van der Waals surface area contributed by atoms with Gasteiger partial charge >= 0.3 is 5.97 Å². The Hall–Kier alpha value is -1.42. The molecule has 1 unspecified atom stereocenters. The van der Waals surface area contributed by atoms with Gasteiger partial charge < -0.3 is 9.84 Å². The molecule has 1 rings (SSSR count). The summed E-state index contributed by atoms with van der Waals surface area (Å²) in [6.45, 7) is 0. The van der Waals surface area contributed by atoms with Crippen LogP contribution in [0, 0.1) is 0 Å². The zero-order valence-corrected chi connectivity index (χ0v) is 5.56. The number of esters is 1. The fourth-order valence-electron chi connectivity index (χ4n) is 0.700. The molecular formula is C7H6O4. The zero-order valence-electron chi connectivity index (χ0n) is 5.56. The molecule has 0 fully saturated rings. The van der Waals surface area contributed by atoms with E-state index in [4.69, 9.17) is 5.11 Å². The second-order valence-corrected chi connectivity index (χ2v) is 1.93. The Kier molecular flexibility index (Phi) is 2.18. The van der Waals surface area contributed by atoms with Crippen molar-refractivity contribution in [1.29, 1.82) is 0 Å². The molecule has 4 nitrogen and oxygen atoms in total. The number of carbonyl (C=O) groups excluding carboxylic acids is 2. The van der Waals surface area contributed by atoms with Crippen LogP contribution in [0.5, 0.6) is 0 Å². The molecule has 0 saturated carbocycles. The molecule has 0 amide bonds. The Bertz CT molecular complexity index is 239. The monoisotopic (exact) mass is 154 g/mol. The van der Waals surface area contributed by atoms with E-state index in [9.17, 15) is 9.59 Å². The summed E-state index contributed by atoms with van der Waals surface area (Å²) < 4.78 is 4.33. The number of allylic oxidation sites excluding steroid dienone is 1. The minimum atomic E-state index is -1.22. The van der Waals surface area contributed by atoms with Gasteiger partial charge in [-0.25, -0.2) is 4.79 Å². The van der Waals surface area contributed by atoms with Crippen LogP contribution < -0.4 is 0 Å². The Labute approximate surface area is 62.8 Å². The number of rotatable bonds is 2. The van der Waals surface area contributed by atoms with Gasteiger partial charge in [0, 0.05) is 11.6 Å². The lowest BCUT2D eigenvalue weighted by atomic mass is 10.2. The Balaban J connectivity index is 2.71. The van der Waals surface area contributed by atoms with Gasteiger partial charge in [-0.1, -0.05) is 0 Å². The van der Waals surface area contributed by atoms with Crippen LogP contribution in [-0.2, 0) is 14.3 Å². The summed E-state index contributed by atoms with van der Waals surface area (Å²) in [5, 5.41) is 8.91. The zero-order chi connectivity index (χ0) is 8.27. The SMILES string of the molecule is O=C/C=C/C1=CC(=O)OC1O. The van der Waals surface area contributed by atoms with Crippen LogP contribution in [0.25, 0.3) is 0 Å². The highest BCUT2D eigenvalue weighted by molar-refractivity contribution is 5.86. The van der Waals surface area contributed by atoms with Crippen LogP contribution in [0.4, 0.5) is 0 Å². The average molecular weight is 154 g/mol. The van der Waals surface area contributed by atoms with E-state index in [2.05, 4.69) is 4.74 Å². The van der Waals surface area contributed by atoms with Crippen LogP contribution in [-0.4, -0.2) is 23.7 Å². The van der Waals surface area contributed by atoms with E-state index in [1.165, 1.54) is 12.2 Å². The van der Waals surface area contributed by atoms with Crippen molar-refractivity contribution in [2.45, 2.75) is 6.29 Å². The topological polar surface area (TPSA) is 63.6 Å². The molecule has 0 bridgehead atoms. The second-order valence-electron chi connectivity index (χ2n) is 1.93. The fraction of sp³-hybridized carbons (Fsp3) is 0.143. The second kappa shape index (κ2) is 3.12. The number of hydrogen-bond donors (Lipinski definition) is 1. The fourth-order valence-corrected chi connectivity index (χ4v) is 0.700. The van der Waals surface area contributed by atoms with Crippen molar-refractivity contribution in [3.05, 3.63) is 23.8 Å². The lowest BCUT2D eigenvalue weighted by Gasteiger charge is -2.00. The van der Waals surface area contributed by atoms with Gasteiger partial charge in [-0.05, 0) is 12.2 Å². The van der Waals surface area contributed by atoms with Crippen LogP contribution in [0.1, 0.15) is 0 Å². The highest BCUT2D eigenvalue weighted by atomic mass is 16.6. The quantitative estimate of drug-likeness (QED) is 0.332. The Morgan fingerprint density at radius 3 is 2.82 bits per heavy atom. The Morgan fingerprint density at radius 2 is 2.36 bits per heavy atom. The van der Waals surface area contributed by atoms with Crippen molar-refractivity contribution in [3.8, 4) is 0 Å². The van der Waals surface area contributed by atoms with Crippen molar-refractivity contribution < 1.29 is 19.4 Å². The predicted molar refractivity (Wildman–Crippen MR) is 35.4 cm³/mol. The number of aliphatic hydroxyl groups is 1. The summed E-state index contributed by atoms with van der Waals surface area (Å²) in [5.74, 6) is -0.594. The molecule has 4 heteroatoms. The third-order valence-electron chi connectivity index (χ3n) is 1.16. The van der Waals surface area contributed by atoms with Gasteiger partial charge in [-0.15, -0.1) is 0 Å². The molecule has 1 N–H and O–H groups in total. The molecule has 0 saturated heterocycles. The van der Waals surface area contributed by atoms with Crippen LogP contribution >= 0.6 is 0 Å². The first kappa shape index (κ1) is 7.68. The minimum Gasteiger partial charge on any atom is -0.428 e. The number of aliphatic hydroxyl groups excluding tert-OH is 1. The number of carbonyl (C=O) groups is 2. The smallest absolute Gasteiger partial charge is 0.333 e. The highest BCUT2D eigenvalue weighted by Crippen LogP contribution is 2.13. The molecule has 0 aromatic carbocycles. The van der Waals surface area contributed by atoms with Gasteiger partial charge in [-0.2, -0.15) is 0 Å². The third kappa shape index (κ3) is 1.75. The van der Waals surface area contributed by atoms with Gasteiger partial charge in [0.05, 0.1) is 0 Å². The molecule has 11 heavy (non-hydrogen) atoms. The maximum Gasteiger partial charge on any atom is 0.333 e. The molecule has 0 aromatic heterocycles. The number of ether oxygens (including phenoxy) is 1. The van der Waals surface area contributed by atoms with E-state index in [-0.39, 0.29) is 0 Å². The summed E-state index contributed by atoms with van der Waals surface area (Å²) >= 11 is 0. The molecule has 1 heterocycles. The van der Waals surface area contributed by atoms with E-state index in [0.29, 0.717) is 11.9 Å². The largest absolute Gasteiger partial charge is 0.428 e. The maximum atomic E-state index is 10.4. The van der Waals surface area contributed by atoms with E-state index >= 15 is 0 Å². The van der Waals surface area contributed by atoms with Gasteiger partial charge in [0.1, 0.15) is 6.29 Å². The van der Waals surface area contributed by atoms with Gasteiger partial charge in [0.2, 0.25) is 6.29 Å². The summed E-state index contributed by atoms with van der Waals surface area (Å²) in [5.41, 5.74) is 0.294. The van der Waals surface area contributed by atoms with Crippen LogP contribution in [0.2, 0.25) is 0 Å². The number of cyclic esters (lactones) is 1. The maximum absolute atomic E-state index is 10.4. The standard InChI is InChI=1S/C7H6O4/c8-3-1-2-5-4-6(9)11-7(5)10/h1-4,7,10H/b2-1+. The number of aldehydes is 1. The predicted octanol–water partition coefficient (Wildman–Crippen LogP) is -0.457. The summed E-state index contributed by atoms with van der Waals surface area (Å²) in [6.07, 6.45) is 2.96. The van der Waals surface area contributed by atoms with Crippen molar-refractivity contribution in [2.24, 2.45) is 0 Å². The van der Waals surface area contributed by atoms with Gasteiger partial charge in [-0.3, -0.25) is 4.79 Å². The van der Waals surface area contributed by atoms with Crippen molar-refractivity contribution in [3.63, 3.8) is 0 Å². The van der Waals surface area contributed by atoms with Crippen molar-refractivity contribution >= 4 is 12.3 Å². The molecule has 0 aliphatic carbocycles. The van der Waals surface area contributed by atoms with Crippen molar-refractivity contribution in [2.75, 3.05) is 0 Å². The van der Waals surface area contributed by atoms with Crippen LogP contribution in [0.3, 0.4) is 0 Å². The van der Waals surface area contributed by atoms with Crippen molar-refractivity contribution in [1.82, 2.24) is 0 Å². The van der Waals surface area contributed by atoms with Gasteiger partial charge in [0.15, 0.2) is 0 Å². The van der Waals surface area contributed by atoms with E-state index < -0.39 is 12.3 Å². The Morgan fingerprint density at radius 1 is 1.64 bits per heavy atom. The van der Waals surface area contributed by atoms with E-state index in [0.717, 1.165) is 6.08 Å². The first-order valence-corrected chi connectivity index (χ1v) is 2.96. The first-order valence-electron chi connectivity index (χ1n) is 2.96. The third-order valence-corrected chi connectivity index (χ3v) is 1.16. The van der Waals surface area contributed by atoms with E-state index in [1.807, 2.05) is 0 Å². The molecule has 1 aliphatic rings. The summed E-state index contributed by atoms with van der Waals surface area (Å²) in [6, 6.07) is 0. The molecule has 0 radical (unpaired) electrons. The first-order chi connectivity index (χ1) is 5.24. The lowest BCUT2D eigenvalue weighted by molar-refractivity contribution is -0.150. The summed E-state index contributed by atoms with van der Waals surface area (Å²) in [4.78, 5) is 20.3. The summed E-state index contributed by atoms with van der Waals surface area (Å²) in [7, 11) is 0.